The molecule has 216 valence electrons. The molecule has 5 aliphatic rings. The summed E-state index contributed by atoms with van der Waals surface area (Å²) in [4.78, 5) is 50.1. The fourth-order valence-electron chi connectivity index (χ4n) is 7.37. The number of hydrogen-bond acceptors (Lipinski definition) is 7. The first kappa shape index (κ1) is 28.3. The van der Waals surface area contributed by atoms with Crippen LogP contribution in [0.2, 0.25) is 0 Å². The van der Waals surface area contributed by atoms with Gasteiger partial charge in [0, 0.05) is 46.3 Å². The molecule has 3 fully saturated rings. The van der Waals surface area contributed by atoms with E-state index in [-0.39, 0.29) is 30.2 Å². The summed E-state index contributed by atoms with van der Waals surface area (Å²) in [6, 6.07) is -1.49. The molecule has 0 saturated carbocycles. The molecule has 10 nitrogen and oxygen atoms in total. The van der Waals surface area contributed by atoms with Crippen LogP contribution in [0.1, 0.15) is 33.6 Å². The zero-order chi connectivity index (χ0) is 27.9. The van der Waals surface area contributed by atoms with Gasteiger partial charge in [0.2, 0.25) is 17.7 Å². The van der Waals surface area contributed by atoms with Crippen LogP contribution in [0.4, 0.5) is 0 Å². The Hall–Kier alpha value is -2.27. The monoisotopic (exact) mass is 544 g/mol. The van der Waals surface area contributed by atoms with Crippen molar-refractivity contribution < 1.29 is 29.0 Å². The quantitative estimate of drug-likeness (QED) is 0.445. The second kappa shape index (κ2) is 11.0. The van der Waals surface area contributed by atoms with Crippen molar-refractivity contribution in [3.8, 4) is 0 Å². The third kappa shape index (κ3) is 4.63. The predicted octanol–water partition coefficient (Wildman–Crippen LogP) is 0.513. The highest BCUT2D eigenvalue weighted by molar-refractivity contribution is 6.00. The highest BCUT2D eigenvalue weighted by Crippen LogP contribution is 2.59. The Morgan fingerprint density at radius 3 is 2.38 bits per heavy atom. The molecule has 39 heavy (non-hydrogen) atoms. The molecule has 0 bridgehead atoms. The molecule has 0 aromatic carbocycles. The Bertz CT molecular complexity index is 1030. The lowest BCUT2D eigenvalue weighted by atomic mass is 9.73. The zero-order valence-corrected chi connectivity index (χ0v) is 23.8. The Morgan fingerprint density at radius 2 is 1.72 bits per heavy atom. The molecule has 1 unspecified atom stereocenters. The number of rotatable bonds is 8. The summed E-state index contributed by atoms with van der Waals surface area (Å²) in [6.07, 6.45) is 8.75. The van der Waals surface area contributed by atoms with Crippen molar-refractivity contribution >= 4 is 17.7 Å². The number of likely N-dealkylation sites (tertiary alicyclic amines) is 1. The van der Waals surface area contributed by atoms with Crippen LogP contribution in [0.5, 0.6) is 0 Å². The van der Waals surface area contributed by atoms with Gasteiger partial charge in [0.25, 0.3) is 0 Å². The summed E-state index contributed by atoms with van der Waals surface area (Å²) >= 11 is 0. The third-order valence-corrected chi connectivity index (χ3v) is 9.30. The molecule has 0 aliphatic carbocycles. The number of nitrogens with zero attached hydrogens (tertiary/aromatic N) is 4. The number of hydrogen-bond donors (Lipinski definition) is 1. The second-order valence-corrected chi connectivity index (χ2v) is 12.1. The van der Waals surface area contributed by atoms with Gasteiger partial charge in [-0.3, -0.25) is 19.3 Å². The van der Waals surface area contributed by atoms with Crippen LogP contribution in [0.25, 0.3) is 0 Å². The van der Waals surface area contributed by atoms with Crippen LogP contribution >= 0.6 is 0 Å². The maximum atomic E-state index is 14.5. The summed E-state index contributed by atoms with van der Waals surface area (Å²) in [5, 5.41) is 10.5. The topological polar surface area (TPSA) is 103 Å². The molecule has 0 aromatic rings. The van der Waals surface area contributed by atoms with E-state index in [0.29, 0.717) is 52.2 Å². The van der Waals surface area contributed by atoms with Crippen molar-refractivity contribution in [2.75, 3.05) is 66.1 Å². The molecule has 1 N–H and O–H groups in total. The molecule has 3 saturated heterocycles. The van der Waals surface area contributed by atoms with Crippen LogP contribution in [0.3, 0.4) is 0 Å². The largest absolute Gasteiger partial charge is 0.394 e. The van der Waals surface area contributed by atoms with E-state index in [4.69, 9.17) is 9.47 Å². The van der Waals surface area contributed by atoms with Gasteiger partial charge in [0.05, 0.1) is 43.3 Å². The fraction of sp³-hybridized carbons (Fsp3) is 0.759. The highest BCUT2D eigenvalue weighted by Gasteiger charge is 2.75. The van der Waals surface area contributed by atoms with Crippen molar-refractivity contribution in [3.05, 3.63) is 24.3 Å². The van der Waals surface area contributed by atoms with Crippen LogP contribution in [0.15, 0.2) is 24.3 Å². The number of ether oxygens (including phenoxy) is 2. The Kier molecular flexibility index (Phi) is 7.94. The number of carbonyl (C=O) groups excluding carboxylic acids is 3. The number of likely N-dealkylation sites (N-methyl/N-ethyl adjacent to an activating group) is 1. The second-order valence-electron chi connectivity index (χ2n) is 12.1. The van der Waals surface area contributed by atoms with Crippen molar-refractivity contribution in [2.45, 2.75) is 56.9 Å². The zero-order valence-electron chi connectivity index (χ0n) is 23.8. The molecule has 5 heterocycles. The van der Waals surface area contributed by atoms with Crippen molar-refractivity contribution in [1.29, 1.82) is 0 Å². The smallest absolute Gasteiger partial charge is 0.249 e. The van der Waals surface area contributed by atoms with Crippen molar-refractivity contribution in [1.82, 2.24) is 19.6 Å². The predicted molar refractivity (Wildman–Crippen MR) is 145 cm³/mol. The summed E-state index contributed by atoms with van der Waals surface area (Å²) in [7, 11) is 1.74. The molecule has 5 aliphatic heterocycles. The van der Waals surface area contributed by atoms with E-state index < -0.39 is 35.1 Å². The molecule has 1 spiro atoms. The van der Waals surface area contributed by atoms with E-state index in [1.807, 2.05) is 45.1 Å². The lowest BCUT2D eigenvalue weighted by molar-refractivity contribution is -0.157. The minimum Gasteiger partial charge on any atom is -0.394 e. The standard InChI is InChI=1S/C29H44N4O6/c1-5-28-8-6-10-30(4)25(35)22(28)23-26(36)33(21(19-34)18-20(2)3)24-27(37)32(11-7-9-29(23,24)39-28)13-12-31-14-16-38-17-15-31/h6-9,20-24,34H,5,10-19H2,1-4H3/t21-,22+,23+,24?,28-,29+/m1/s1. The normalized spacial score (nSPS) is 35.8. The molecular weight excluding hydrogens is 500 g/mol. The lowest BCUT2D eigenvalue weighted by Crippen LogP contribution is -2.59. The SMILES string of the molecule is CC[C@@]12C=CCN(C)C(=O)[C@@H]1[C@H]1C(=O)N([C@@H](CO)CC(C)C)C3C(=O)N(CCN4CCOCC4)CC=C[C@@]31O2. The van der Waals surface area contributed by atoms with Gasteiger partial charge in [-0.1, -0.05) is 45.1 Å². The molecule has 6 atom stereocenters. The molecule has 0 aromatic heterocycles. The number of amides is 3. The molecular formula is C29H44N4O6. The number of aliphatic hydroxyl groups excluding tert-OH is 1. The van der Waals surface area contributed by atoms with Gasteiger partial charge < -0.3 is 29.3 Å². The number of aliphatic hydroxyl groups is 1. The van der Waals surface area contributed by atoms with Gasteiger partial charge in [-0.05, 0) is 18.8 Å². The number of carbonyl (C=O) groups is 3. The Labute approximate surface area is 231 Å². The minimum atomic E-state index is -1.29. The molecule has 10 heteroatoms. The van der Waals surface area contributed by atoms with E-state index in [9.17, 15) is 19.5 Å². The molecule has 5 rings (SSSR count). The Balaban J connectivity index is 1.57. The van der Waals surface area contributed by atoms with Crippen LogP contribution in [-0.2, 0) is 23.9 Å². The van der Waals surface area contributed by atoms with E-state index in [1.165, 1.54) is 0 Å². The minimum absolute atomic E-state index is 0.142. The summed E-state index contributed by atoms with van der Waals surface area (Å²) in [5.41, 5.74) is -2.27. The van der Waals surface area contributed by atoms with E-state index in [0.717, 1.165) is 13.1 Å². The summed E-state index contributed by atoms with van der Waals surface area (Å²) in [5.74, 6) is -1.99. The first-order valence-electron chi connectivity index (χ1n) is 14.5. The van der Waals surface area contributed by atoms with Gasteiger partial charge in [-0.25, -0.2) is 0 Å². The molecule has 3 amide bonds. The lowest BCUT2D eigenvalue weighted by Gasteiger charge is -2.41. The van der Waals surface area contributed by atoms with Gasteiger partial charge in [-0.15, -0.1) is 0 Å². The van der Waals surface area contributed by atoms with Crippen molar-refractivity contribution in [2.24, 2.45) is 17.8 Å². The fourth-order valence-corrected chi connectivity index (χ4v) is 7.37. The molecule has 0 radical (unpaired) electrons. The van der Waals surface area contributed by atoms with E-state index in [1.54, 1.807) is 21.7 Å². The van der Waals surface area contributed by atoms with Crippen LogP contribution in [-0.4, -0.2) is 132 Å². The van der Waals surface area contributed by atoms with Gasteiger partial charge in [-0.2, -0.15) is 0 Å². The average Bonchev–Trinajstić information content (AvgIpc) is 3.23. The van der Waals surface area contributed by atoms with E-state index in [2.05, 4.69) is 4.90 Å². The van der Waals surface area contributed by atoms with Gasteiger partial charge in [0.15, 0.2) is 0 Å². The first-order valence-corrected chi connectivity index (χ1v) is 14.5. The Morgan fingerprint density at radius 1 is 1.00 bits per heavy atom. The third-order valence-electron chi connectivity index (χ3n) is 9.30. The maximum Gasteiger partial charge on any atom is 0.249 e. The summed E-state index contributed by atoms with van der Waals surface area (Å²) in [6.45, 7) is 10.9. The van der Waals surface area contributed by atoms with Gasteiger partial charge in [0.1, 0.15) is 11.6 Å². The summed E-state index contributed by atoms with van der Waals surface area (Å²) < 4.78 is 12.4. The van der Waals surface area contributed by atoms with Crippen molar-refractivity contribution in [3.63, 3.8) is 0 Å². The number of morpholine rings is 1. The van der Waals surface area contributed by atoms with Crippen LogP contribution in [0, 0.1) is 17.8 Å². The van der Waals surface area contributed by atoms with Gasteiger partial charge >= 0.3 is 0 Å². The maximum absolute atomic E-state index is 14.5. The average molecular weight is 545 g/mol. The highest BCUT2D eigenvalue weighted by atomic mass is 16.5. The number of fused-ring (bicyclic) bond motifs is 2. The van der Waals surface area contributed by atoms with Crippen LogP contribution < -0.4 is 0 Å². The van der Waals surface area contributed by atoms with E-state index >= 15 is 0 Å². The first-order chi connectivity index (χ1) is 18.7.